The Balaban J connectivity index is 0.00000220. The second-order valence-electron chi connectivity index (χ2n) is 4.39. The minimum absolute atomic E-state index is 0. The number of nitrogens with one attached hydrogen (secondary N) is 1. The largest absolute Gasteiger partial charge is 0.488 e. The lowest BCUT2D eigenvalue weighted by atomic mass is 10.2. The molecule has 5 heteroatoms. The zero-order valence-electron chi connectivity index (χ0n) is 11.6. The first-order valence-electron chi connectivity index (χ1n) is 6.57. The molecule has 0 atom stereocenters. The van der Waals surface area contributed by atoms with Gasteiger partial charge in [0.15, 0.2) is 0 Å². The van der Waals surface area contributed by atoms with Gasteiger partial charge in [0.25, 0.3) is 0 Å². The summed E-state index contributed by atoms with van der Waals surface area (Å²) < 4.78 is 19.2. The number of para-hydroxylation sites is 1. The monoisotopic (exact) mass is 311 g/mol. The lowest BCUT2D eigenvalue weighted by Gasteiger charge is -2.12. The third kappa shape index (κ3) is 5.34. The van der Waals surface area contributed by atoms with E-state index in [0.717, 1.165) is 11.3 Å². The molecule has 0 saturated heterocycles. The molecule has 2 aromatic rings. The van der Waals surface area contributed by atoms with E-state index in [1.165, 1.54) is 6.07 Å². The van der Waals surface area contributed by atoms with Crippen LogP contribution in [-0.4, -0.2) is 18.3 Å². The van der Waals surface area contributed by atoms with Gasteiger partial charge in [-0.2, -0.15) is 0 Å². The number of rotatable bonds is 7. The van der Waals surface area contributed by atoms with Crippen LogP contribution >= 0.6 is 12.4 Å². The van der Waals surface area contributed by atoms with Crippen LogP contribution in [0.1, 0.15) is 11.1 Å². The molecule has 0 radical (unpaired) electrons. The minimum Gasteiger partial charge on any atom is -0.488 e. The minimum atomic E-state index is -0.261. The van der Waals surface area contributed by atoms with E-state index in [1.807, 2.05) is 24.3 Å². The summed E-state index contributed by atoms with van der Waals surface area (Å²) in [7, 11) is 0. The Labute approximate surface area is 130 Å². The van der Waals surface area contributed by atoms with E-state index >= 15 is 0 Å². The third-order valence-electron chi connectivity index (χ3n) is 2.92. The summed E-state index contributed by atoms with van der Waals surface area (Å²) in [6.07, 6.45) is 0. The van der Waals surface area contributed by atoms with Gasteiger partial charge in [0.05, 0.1) is 6.61 Å². The lowest BCUT2D eigenvalue weighted by Crippen LogP contribution is -2.18. The van der Waals surface area contributed by atoms with E-state index < -0.39 is 0 Å². The summed E-state index contributed by atoms with van der Waals surface area (Å²) >= 11 is 0. The Hall–Kier alpha value is -1.62. The standard InChI is InChI=1S/C16H18FNO2.ClH/c17-15-7-3-1-6-14(15)12-20-16-8-4-2-5-13(16)11-18-9-10-19;/h1-8,18-19H,9-12H2;1H. The average Bonchev–Trinajstić information content (AvgIpc) is 2.48. The van der Waals surface area contributed by atoms with Gasteiger partial charge in [-0.3, -0.25) is 0 Å². The molecule has 0 aromatic heterocycles. The van der Waals surface area contributed by atoms with Crippen molar-refractivity contribution in [3.05, 3.63) is 65.5 Å². The molecule has 2 rings (SSSR count). The highest BCUT2D eigenvalue weighted by Crippen LogP contribution is 2.19. The Bertz CT molecular complexity index is 551. The van der Waals surface area contributed by atoms with Gasteiger partial charge in [0.1, 0.15) is 18.2 Å². The van der Waals surface area contributed by atoms with E-state index in [-0.39, 0.29) is 31.4 Å². The van der Waals surface area contributed by atoms with E-state index in [2.05, 4.69) is 5.32 Å². The van der Waals surface area contributed by atoms with Crippen LogP contribution in [-0.2, 0) is 13.2 Å². The normalized spacial score (nSPS) is 10.0. The first-order chi connectivity index (χ1) is 9.81. The molecule has 0 saturated carbocycles. The number of benzene rings is 2. The average molecular weight is 312 g/mol. The fraction of sp³-hybridized carbons (Fsp3) is 0.250. The summed E-state index contributed by atoms with van der Waals surface area (Å²) in [4.78, 5) is 0. The Morgan fingerprint density at radius 1 is 1.00 bits per heavy atom. The number of aliphatic hydroxyl groups excluding tert-OH is 1. The molecule has 2 N–H and O–H groups in total. The maximum absolute atomic E-state index is 13.5. The molecule has 0 fully saturated rings. The number of aliphatic hydroxyl groups is 1. The predicted molar refractivity (Wildman–Crippen MR) is 83.2 cm³/mol. The first-order valence-corrected chi connectivity index (χ1v) is 6.57. The van der Waals surface area contributed by atoms with Crippen LogP contribution in [0.2, 0.25) is 0 Å². The van der Waals surface area contributed by atoms with Crippen molar-refractivity contribution in [2.75, 3.05) is 13.2 Å². The quantitative estimate of drug-likeness (QED) is 0.773. The number of hydrogen-bond donors (Lipinski definition) is 2. The molecule has 0 aliphatic carbocycles. The molecular weight excluding hydrogens is 293 g/mol. The van der Waals surface area contributed by atoms with Crippen molar-refractivity contribution in [2.45, 2.75) is 13.2 Å². The fourth-order valence-corrected chi connectivity index (χ4v) is 1.86. The molecule has 0 aliphatic rings. The van der Waals surface area contributed by atoms with Gasteiger partial charge in [0, 0.05) is 24.2 Å². The van der Waals surface area contributed by atoms with E-state index in [9.17, 15) is 4.39 Å². The van der Waals surface area contributed by atoms with Crippen LogP contribution in [0.15, 0.2) is 48.5 Å². The highest BCUT2D eigenvalue weighted by Gasteiger charge is 2.05. The van der Waals surface area contributed by atoms with Crippen molar-refractivity contribution < 1.29 is 14.2 Å². The van der Waals surface area contributed by atoms with Gasteiger partial charge in [-0.15, -0.1) is 12.4 Å². The van der Waals surface area contributed by atoms with Crippen molar-refractivity contribution in [3.63, 3.8) is 0 Å². The molecule has 3 nitrogen and oxygen atoms in total. The molecular formula is C16H19ClFNO2. The van der Waals surface area contributed by atoms with Gasteiger partial charge in [-0.05, 0) is 12.1 Å². The van der Waals surface area contributed by atoms with Crippen molar-refractivity contribution in [1.82, 2.24) is 5.32 Å². The predicted octanol–water partition coefficient (Wildman–Crippen LogP) is 2.91. The summed E-state index contributed by atoms with van der Waals surface area (Å²) in [5.74, 6) is 0.463. The number of ether oxygens (including phenoxy) is 1. The van der Waals surface area contributed by atoms with Gasteiger partial charge in [-0.1, -0.05) is 36.4 Å². The van der Waals surface area contributed by atoms with Crippen molar-refractivity contribution in [3.8, 4) is 5.75 Å². The Morgan fingerprint density at radius 3 is 2.38 bits per heavy atom. The lowest BCUT2D eigenvalue weighted by molar-refractivity contribution is 0.286. The molecule has 0 heterocycles. The Kier molecular flexibility index (Phi) is 7.75. The molecule has 114 valence electrons. The third-order valence-corrected chi connectivity index (χ3v) is 2.92. The van der Waals surface area contributed by atoms with E-state index in [1.54, 1.807) is 18.2 Å². The van der Waals surface area contributed by atoms with Crippen LogP contribution in [0.5, 0.6) is 5.75 Å². The summed E-state index contributed by atoms with van der Waals surface area (Å²) in [6, 6.07) is 14.2. The molecule has 2 aromatic carbocycles. The number of halogens is 2. The molecule has 21 heavy (non-hydrogen) atoms. The summed E-state index contributed by atoms with van der Waals surface area (Å²) in [5.41, 5.74) is 1.52. The highest BCUT2D eigenvalue weighted by molar-refractivity contribution is 5.85. The summed E-state index contributed by atoms with van der Waals surface area (Å²) in [6.45, 7) is 1.43. The van der Waals surface area contributed by atoms with Gasteiger partial charge in [-0.25, -0.2) is 4.39 Å². The second kappa shape index (κ2) is 9.34. The number of hydrogen-bond acceptors (Lipinski definition) is 3. The van der Waals surface area contributed by atoms with Crippen LogP contribution in [0.3, 0.4) is 0 Å². The van der Waals surface area contributed by atoms with Crippen LogP contribution in [0.25, 0.3) is 0 Å². The van der Waals surface area contributed by atoms with Gasteiger partial charge < -0.3 is 15.2 Å². The van der Waals surface area contributed by atoms with Crippen molar-refractivity contribution in [2.24, 2.45) is 0 Å². The smallest absolute Gasteiger partial charge is 0.129 e. The SMILES string of the molecule is Cl.OCCNCc1ccccc1OCc1ccccc1F. The topological polar surface area (TPSA) is 41.5 Å². The highest BCUT2D eigenvalue weighted by atomic mass is 35.5. The van der Waals surface area contributed by atoms with Gasteiger partial charge >= 0.3 is 0 Å². The summed E-state index contributed by atoms with van der Waals surface area (Å²) in [5, 5.41) is 11.9. The van der Waals surface area contributed by atoms with Crippen LogP contribution < -0.4 is 10.1 Å². The van der Waals surface area contributed by atoms with Gasteiger partial charge in [0.2, 0.25) is 0 Å². The fourth-order valence-electron chi connectivity index (χ4n) is 1.86. The van der Waals surface area contributed by atoms with E-state index in [4.69, 9.17) is 9.84 Å². The van der Waals surface area contributed by atoms with Crippen molar-refractivity contribution >= 4 is 12.4 Å². The zero-order chi connectivity index (χ0) is 14.2. The zero-order valence-corrected chi connectivity index (χ0v) is 12.4. The maximum atomic E-state index is 13.5. The van der Waals surface area contributed by atoms with Crippen molar-refractivity contribution in [1.29, 1.82) is 0 Å². The van der Waals surface area contributed by atoms with Crippen LogP contribution in [0.4, 0.5) is 4.39 Å². The van der Waals surface area contributed by atoms with Crippen LogP contribution in [0, 0.1) is 5.82 Å². The molecule has 0 amide bonds. The van der Waals surface area contributed by atoms with E-state index in [0.29, 0.717) is 18.7 Å². The molecule has 0 spiro atoms. The molecule has 0 aliphatic heterocycles. The first kappa shape index (κ1) is 17.4. The second-order valence-corrected chi connectivity index (χ2v) is 4.39. The molecule has 0 bridgehead atoms. The molecule has 0 unspecified atom stereocenters. The maximum Gasteiger partial charge on any atom is 0.129 e. The Morgan fingerprint density at radius 2 is 1.67 bits per heavy atom.